The van der Waals surface area contributed by atoms with Crippen molar-refractivity contribution in [3.63, 3.8) is 0 Å². The van der Waals surface area contributed by atoms with E-state index in [1.165, 1.54) is 0 Å². The Bertz CT molecular complexity index is 245. The fourth-order valence-electron chi connectivity index (χ4n) is 0.931. The van der Waals surface area contributed by atoms with E-state index < -0.39 is 0 Å². The van der Waals surface area contributed by atoms with Gasteiger partial charge in [0, 0.05) is 38.4 Å². The Morgan fingerprint density at radius 1 is 1.69 bits per heavy atom. The van der Waals surface area contributed by atoms with Crippen LogP contribution in [-0.4, -0.2) is 29.5 Å². The van der Waals surface area contributed by atoms with E-state index in [2.05, 4.69) is 20.6 Å². The normalized spacial score (nSPS) is 9.92. The monoisotopic (exact) mass is 182 g/mol. The van der Waals surface area contributed by atoms with E-state index in [-0.39, 0.29) is 5.91 Å². The molecule has 1 rings (SSSR count). The van der Waals surface area contributed by atoms with Crippen LogP contribution in [0.4, 0.5) is 0 Å². The molecule has 3 N–H and O–H groups in total. The third-order valence-electron chi connectivity index (χ3n) is 1.68. The van der Waals surface area contributed by atoms with Gasteiger partial charge in [0.25, 0.3) is 0 Å². The minimum Gasteiger partial charge on any atom is -0.359 e. The number of H-pyrrole nitrogens is 1. The fraction of sp³-hybridized carbons (Fsp3) is 0.500. The Hall–Kier alpha value is -1.36. The van der Waals surface area contributed by atoms with E-state index in [4.69, 9.17) is 0 Å². The molecule has 0 atom stereocenters. The van der Waals surface area contributed by atoms with Crippen LogP contribution in [0.2, 0.25) is 0 Å². The van der Waals surface area contributed by atoms with Crippen molar-refractivity contribution in [3.05, 3.63) is 18.2 Å². The van der Waals surface area contributed by atoms with Gasteiger partial charge in [-0.3, -0.25) is 4.79 Å². The molecule has 1 aromatic rings. The first kappa shape index (κ1) is 9.73. The summed E-state index contributed by atoms with van der Waals surface area (Å²) in [7, 11) is 1.64. The Morgan fingerprint density at radius 2 is 2.54 bits per heavy atom. The van der Waals surface area contributed by atoms with Gasteiger partial charge in [-0.2, -0.15) is 0 Å². The molecule has 0 unspecified atom stereocenters. The number of carbonyl (C=O) groups excluding carboxylic acids is 1. The van der Waals surface area contributed by atoms with E-state index in [0.717, 1.165) is 12.2 Å². The molecule has 1 aromatic heterocycles. The lowest BCUT2D eigenvalue weighted by atomic mass is 10.4. The van der Waals surface area contributed by atoms with Crippen molar-refractivity contribution in [2.75, 3.05) is 13.6 Å². The lowest BCUT2D eigenvalue weighted by Gasteiger charge is -2.01. The number of aromatic nitrogens is 2. The van der Waals surface area contributed by atoms with Crippen LogP contribution in [0.3, 0.4) is 0 Å². The second kappa shape index (κ2) is 5.31. The molecule has 0 aliphatic rings. The zero-order chi connectivity index (χ0) is 9.52. The molecular weight excluding hydrogens is 168 g/mol. The summed E-state index contributed by atoms with van der Waals surface area (Å²) in [5.74, 6) is 0.0529. The third kappa shape index (κ3) is 3.71. The number of nitrogens with zero attached hydrogens (tertiary/aromatic N) is 1. The molecule has 0 saturated heterocycles. The summed E-state index contributed by atoms with van der Waals surface area (Å²) in [6, 6.07) is 0. The van der Waals surface area contributed by atoms with Crippen LogP contribution in [0, 0.1) is 0 Å². The molecule has 0 aromatic carbocycles. The number of imidazole rings is 1. The highest BCUT2D eigenvalue weighted by atomic mass is 16.1. The highest BCUT2D eigenvalue weighted by Crippen LogP contribution is 1.88. The summed E-state index contributed by atoms with van der Waals surface area (Å²) in [5, 5.41) is 5.68. The quantitative estimate of drug-likeness (QED) is 0.544. The number of nitrogens with one attached hydrogen (secondary N) is 3. The fourth-order valence-corrected chi connectivity index (χ4v) is 0.931. The largest absolute Gasteiger partial charge is 0.359 e. The summed E-state index contributed by atoms with van der Waals surface area (Å²) in [4.78, 5) is 17.6. The molecule has 0 saturated carbocycles. The van der Waals surface area contributed by atoms with Gasteiger partial charge in [0.15, 0.2) is 0 Å². The number of aromatic amines is 1. The van der Waals surface area contributed by atoms with Gasteiger partial charge >= 0.3 is 0 Å². The summed E-state index contributed by atoms with van der Waals surface area (Å²) in [5.41, 5.74) is 1.02. The first-order valence-electron chi connectivity index (χ1n) is 4.21. The van der Waals surface area contributed by atoms with Crippen LogP contribution in [0.15, 0.2) is 12.5 Å². The summed E-state index contributed by atoms with van der Waals surface area (Å²) in [6.07, 6.45) is 3.90. The molecule has 13 heavy (non-hydrogen) atoms. The average Bonchev–Trinajstić information content (AvgIpc) is 2.64. The Morgan fingerprint density at radius 3 is 3.15 bits per heavy atom. The predicted octanol–water partition coefficient (Wildman–Crippen LogP) is -0.365. The van der Waals surface area contributed by atoms with Gasteiger partial charge in [0.05, 0.1) is 6.33 Å². The van der Waals surface area contributed by atoms with Crippen molar-refractivity contribution in [1.82, 2.24) is 20.6 Å². The number of hydrogen-bond donors (Lipinski definition) is 3. The molecule has 0 spiro atoms. The lowest BCUT2D eigenvalue weighted by Crippen LogP contribution is -2.24. The van der Waals surface area contributed by atoms with Gasteiger partial charge in [0.2, 0.25) is 5.91 Å². The molecule has 1 heterocycles. The number of carbonyl (C=O) groups is 1. The lowest BCUT2D eigenvalue weighted by molar-refractivity contribution is -0.120. The highest BCUT2D eigenvalue weighted by molar-refractivity contribution is 5.75. The van der Waals surface area contributed by atoms with E-state index in [0.29, 0.717) is 13.0 Å². The van der Waals surface area contributed by atoms with Gasteiger partial charge in [-0.25, -0.2) is 4.98 Å². The van der Waals surface area contributed by atoms with Crippen LogP contribution < -0.4 is 10.6 Å². The molecule has 0 fully saturated rings. The Labute approximate surface area is 76.9 Å². The Balaban J connectivity index is 2.05. The molecule has 0 aliphatic heterocycles. The minimum atomic E-state index is 0.0529. The first-order valence-corrected chi connectivity index (χ1v) is 4.21. The second-order valence-electron chi connectivity index (χ2n) is 2.68. The summed E-state index contributed by atoms with van der Waals surface area (Å²) in [6.45, 7) is 1.40. The predicted molar refractivity (Wildman–Crippen MR) is 49.0 cm³/mol. The highest BCUT2D eigenvalue weighted by Gasteiger charge is 1.97. The molecular formula is C8H14N4O. The SMILES string of the molecule is CNC(=O)CCNCc1cnc[nH]1. The number of amides is 1. The van der Waals surface area contributed by atoms with Gasteiger partial charge < -0.3 is 15.6 Å². The Kier molecular flexibility index (Phi) is 3.98. The van der Waals surface area contributed by atoms with Crippen LogP contribution in [0.25, 0.3) is 0 Å². The molecule has 5 heteroatoms. The zero-order valence-corrected chi connectivity index (χ0v) is 7.63. The first-order chi connectivity index (χ1) is 6.33. The van der Waals surface area contributed by atoms with E-state index >= 15 is 0 Å². The molecule has 1 amide bonds. The topological polar surface area (TPSA) is 69.8 Å². The standard InChI is InChI=1S/C8H14N4O/c1-9-8(13)2-3-10-4-7-5-11-6-12-7/h5-6,10H,2-4H2,1H3,(H,9,13)(H,11,12). The summed E-state index contributed by atoms with van der Waals surface area (Å²) >= 11 is 0. The summed E-state index contributed by atoms with van der Waals surface area (Å²) < 4.78 is 0. The smallest absolute Gasteiger partial charge is 0.221 e. The third-order valence-corrected chi connectivity index (χ3v) is 1.68. The van der Waals surface area contributed by atoms with Crippen molar-refractivity contribution in [2.24, 2.45) is 0 Å². The van der Waals surface area contributed by atoms with Crippen molar-refractivity contribution in [2.45, 2.75) is 13.0 Å². The van der Waals surface area contributed by atoms with Crippen molar-refractivity contribution in [3.8, 4) is 0 Å². The maximum atomic E-state index is 10.8. The maximum Gasteiger partial charge on any atom is 0.221 e. The van der Waals surface area contributed by atoms with Crippen LogP contribution in [0.5, 0.6) is 0 Å². The molecule has 0 radical (unpaired) electrons. The van der Waals surface area contributed by atoms with Crippen LogP contribution in [-0.2, 0) is 11.3 Å². The minimum absolute atomic E-state index is 0.0529. The van der Waals surface area contributed by atoms with Crippen molar-refractivity contribution < 1.29 is 4.79 Å². The van der Waals surface area contributed by atoms with Gasteiger partial charge in [-0.05, 0) is 0 Å². The van der Waals surface area contributed by atoms with Crippen LogP contribution in [0.1, 0.15) is 12.1 Å². The van der Waals surface area contributed by atoms with Gasteiger partial charge in [-0.15, -0.1) is 0 Å². The average molecular weight is 182 g/mol. The van der Waals surface area contributed by atoms with Crippen molar-refractivity contribution >= 4 is 5.91 Å². The van der Waals surface area contributed by atoms with Gasteiger partial charge in [-0.1, -0.05) is 0 Å². The number of hydrogen-bond acceptors (Lipinski definition) is 3. The zero-order valence-electron chi connectivity index (χ0n) is 7.63. The molecule has 0 bridgehead atoms. The molecule has 72 valence electrons. The number of rotatable bonds is 5. The van der Waals surface area contributed by atoms with Crippen molar-refractivity contribution in [1.29, 1.82) is 0 Å². The second-order valence-corrected chi connectivity index (χ2v) is 2.68. The molecule has 5 nitrogen and oxygen atoms in total. The van der Waals surface area contributed by atoms with E-state index in [1.54, 1.807) is 19.6 Å². The van der Waals surface area contributed by atoms with E-state index in [1.807, 2.05) is 0 Å². The van der Waals surface area contributed by atoms with E-state index in [9.17, 15) is 4.79 Å². The maximum absolute atomic E-state index is 10.8. The molecule has 0 aliphatic carbocycles. The van der Waals surface area contributed by atoms with Crippen LogP contribution >= 0.6 is 0 Å². The van der Waals surface area contributed by atoms with Gasteiger partial charge in [0.1, 0.15) is 0 Å².